The van der Waals surface area contributed by atoms with Crippen LogP contribution in [0.15, 0.2) is 65.8 Å². The van der Waals surface area contributed by atoms with Crippen LogP contribution in [0.4, 0.5) is 64.1 Å². The van der Waals surface area contributed by atoms with E-state index in [1.165, 1.54) is 0 Å². The minimum absolute atomic E-state index is 0.247. The molecule has 0 aliphatic rings. The van der Waals surface area contributed by atoms with E-state index in [9.17, 15) is 57.9 Å². The fourth-order valence-corrected chi connectivity index (χ4v) is 4.37. The zero-order valence-electron chi connectivity index (χ0n) is 21.2. The van der Waals surface area contributed by atoms with E-state index in [1.807, 2.05) is 0 Å². The molecule has 0 aliphatic heterocycles. The van der Waals surface area contributed by atoms with Crippen LogP contribution in [0.2, 0.25) is 0 Å². The smallest absolute Gasteiger partial charge is 0.320 e. The molecule has 1 aromatic heterocycles. The lowest BCUT2D eigenvalue weighted by Crippen LogP contribution is -2.50. The third kappa shape index (κ3) is 6.53. The van der Waals surface area contributed by atoms with Crippen molar-refractivity contribution in [2.75, 3.05) is 16.8 Å². The molecule has 1 N–H and O–H groups in total. The molecule has 3 aromatic rings. The lowest BCUT2D eigenvalue weighted by Gasteiger charge is -2.31. The van der Waals surface area contributed by atoms with Gasteiger partial charge in [0.1, 0.15) is 0 Å². The van der Waals surface area contributed by atoms with Gasteiger partial charge in [-0.1, -0.05) is 12.1 Å². The van der Waals surface area contributed by atoms with Gasteiger partial charge in [-0.15, -0.1) is 6.58 Å². The van der Waals surface area contributed by atoms with Crippen molar-refractivity contribution in [2.45, 2.75) is 24.2 Å². The Morgan fingerprint density at radius 2 is 1.55 bits per heavy atom. The van der Waals surface area contributed by atoms with Gasteiger partial charge < -0.3 is 10.2 Å². The standard InChI is InChI=1S/C26H14BrF12N3O2/c1-2-8-42(22(44)12-6-7-18(28)40-11-12)17-5-3-4-14(19(17)29)21(43)41-20-15(24(31,32)33)9-13(10-16(20)27)23(30,25(34,35)36)26(37,38)39/h2-7,9-11H,1,8H2,(H,41,43). The van der Waals surface area contributed by atoms with Crippen LogP contribution >= 0.6 is 15.9 Å². The maximum Gasteiger partial charge on any atom is 0.435 e. The van der Waals surface area contributed by atoms with Gasteiger partial charge in [0, 0.05) is 22.8 Å². The number of nitrogens with zero attached hydrogens (tertiary/aromatic N) is 2. The quantitative estimate of drug-likeness (QED) is 0.152. The summed E-state index contributed by atoms with van der Waals surface area (Å²) in [4.78, 5) is 29.9. The van der Waals surface area contributed by atoms with Crippen molar-refractivity contribution in [3.8, 4) is 0 Å². The Balaban J connectivity index is 2.11. The summed E-state index contributed by atoms with van der Waals surface area (Å²) in [6.45, 7) is 3.00. The van der Waals surface area contributed by atoms with Gasteiger partial charge in [-0.25, -0.2) is 13.8 Å². The number of halogens is 13. The molecular weight excluding hydrogens is 694 g/mol. The van der Waals surface area contributed by atoms with Gasteiger partial charge in [0.05, 0.1) is 28.1 Å². The van der Waals surface area contributed by atoms with Crippen LogP contribution in [0.5, 0.6) is 0 Å². The average molecular weight is 708 g/mol. The topological polar surface area (TPSA) is 62.3 Å². The van der Waals surface area contributed by atoms with E-state index in [0.29, 0.717) is 4.90 Å². The Kier molecular flexibility index (Phi) is 9.48. The van der Waals surface area contributed by atoms with Gasteiger partial charge in [-0.3, -0.25) is 9.59 Å². The summed E-state index contributed by atoms with van der Waals surface area (Å²) in [6.07, 6.45) is -17.3. The van der Waals surface area contributed by atoms with Crippen LogP contribution in [0.25, 0.3) is 0 Å². The van der Waals surface area contributed by atoms with E-state index in [-0.39, 0.29) is 11.6 Å². The molecule has 2 amide bonds. The molecule has 0 atom stereocenters. The van der Waals surface area contributed by atoms with Gasteiger partial charge in [-0.2, -0.15) is 43.9 Å². The number of benzene rings is 2. The predicted molar refractivity (Wildman–Crippen MR) is 134 cm³/mol. The maximum atomic E-state index is 15.6. The highest BCUT2D eigenvalue weighted by Crippen LogP contribution is 2.55. The van der Waals surface area contributed by atoms with Gasteiger partial charge in [0.25, 0.3) is 11.8 Å². The van der Waals surface area contributed by atoms with Crippen LogP contribution in [0, 0.1) is 11.8 Å². The van der Waals surface area contributed by atoms with Crippen molar-refractivity contribution < 1.29 is 62.3 Å². The average Bonchev–Trinajstić information content (AvgIpc) is 2.90. The molecular formula is C26H14BrF12N3O2. The Bertz CT molecular complexity index is 1570. The predicted octanol–water partition coefficient (Wildman–Crippen LogP) is 8.52. The second-order valence-electron chi connectivity index (χ2n) is 8.70. The number of carbonyl (C=O) groups is 2. The highest BCUT2D eigenvalue weighted by Gasteiger charge is 2.73. The third-order valence-electron chi connectivity index (χ3n) is 5.86. The summed E-state index contributed by atoms with van der Waals surface area (Å²) < 4.78 is 163. The Hall–Kier alpha value is -4.09. The monoisotopic (exact) mass is 707 g/mol. The first-order valence-electron chi connectivity index (χ1n) is 11.5. The summed E-state index contributed by atoms with van der Waals surface area (Å²) in [5.41, 5.74) is -14.5. The molecule has 0 unspecified atom stereocenters. The van der Waals surface area contributed by atoms with E-state index in [1.54, 1.807) is 5.32 Å². The molecule has 0 aliphatic carbocycles. The fourth-order valence-electron chi connectivity index (χ4n) is 3.81. The number of carbonyl (C=O) groups excluding carboxylic acids is 2. The summed E-state index contributed by atoms with van der Waals surface area (Å²) in [6, 6.07) is 3.47. The molecule has 0 bridgehead atoms. The summed E-state index contributed by atoms with van der Waals surface area (Å²) >= 11 is 2.34. The SMILES string of the molecule is C=CCN(C(=O)c1ccc(F)nc1)c1cccc(C(=O)Nc2c(Br)cc(C(F)(C(F)(F)F)C(F)(F)F)cc2C(F)(F)F)c1F. The highest BCUT2D eigenvalue weighted by atomic mass is 79.9. The molecule has 44 heavy (non-hydrogen) atoms. The Morgan fingerprint density at radius 3 is 2.05 bits per heavy atom. The molecule has 0 spiro atoms. The van der Waals surface area contributed by atoms with Crippen LogP contribution < -0.4 is 10.2 Å². The molecule has 2 aromatic carbocycles. The number of hydrogen-bond acceptors (Lipinski definition) is 3. The first kappa shape index (κ1) is 34.4. The summed E-state index contributed by atoms with van der Waals surface area (Å²) in [5, 5.41) is 1.56. The lowest BCUT2D eigenvalue weighted by atomic mass is 9.92. The number of anilines is 2. The number of nitrogens with one attached hydrogen (secondary N) is 1. The Labute approximate surface area is 247 Å². The molecule has 0 saturated carbocycles. The molecule has 1 heterocycles. The highest BCUT2D eigenvalue weighted by molar-refractivity contribution is 9.10. The van der Waals surface area contributed by atoms with E-state index < -0.39 is 92.9 Å². The van der Waals surface area contributed by atoms with Crippen molar-refractivity contribution in [3.05, 3.63) is 99.8 Å². The zero-order chi connectivity index (χ0) is 33.4. The number of amides is 2. The molecule has 18 heteroatoms. The van der Waals surface area contributed by atoms with Gasteiger partial charge in [0.15, 0.2) is 5.82 Å². The van der Waals surface area contributed by atoms with Crippen molar-refractivity contribution in [1.82, 2.24) is 4.98 Å². The Morgan fingerprint density at radius 1 is 0.932 bits per heavy atom. The second-order valence-corrected chi connectivity index (χ2v) is 9.55. The molecule has 0 radical (unpaired) electrons. The molecule has 0 fully saturated rings. The van der Waals surface area contributed by atoms with Gasteiger partial charge >= 0.3 is 24.2 Å². The summed E-state index contributed by atoms with van der Waals surface area (Å²) in [5.74, 6) is -5.13. The van der Waals surface area contributed by atoms with E-state index >= 15 is 4.39 Å². The molecule has 236 valence electrons. The number of aromatic nitrogens is 1. The minimum atomic E-state index is -6.75. The number of hydrogen-bond donors (Lipinski definition) is 1. The minimum Gasteiger partial charge on any atom is -0.320 e. The van der Waals surface area contributed by atoms with Gasteiger partial charge in [-0.05, 0) is 52.3 Å². The normalized spacial score (nSPS) is 12.6. The van der Waals surface area contributed by atoms with E-state index in [4.69, 9.17) is 0 Å². The van der Waals surface area contributed by atoms with Crippen molar-refractivity contribution in [1.29, 1.82) is 0 Å². The maximum absolute atomic E-state index is 15.6. The first-order chi connectivity index (χ1) is 20.1. The lowest BCUT2D eigenvalue weighted by molar-refractivity contribution is -0.348. The van der Waals surface area contributed by atoms with Crippen molar-refractivity contribution >= 4 is 39.1 Å². The first-order valence-corrected chi connectivity index (χ1v) is 12.3. The molecule has 0 saturated heterocycles. The zero-order valence-corrected chi connectivity index (χ0v) is 22.8. The van der Waals surface area contributed by atoms with Gasteiger partial charge in [0.2, 0.25) is 5.95 Å². The third-order valence-corrected chi connectivity index (χ3v) is 6.48. The molecule has 3 rings (SSSR count). The van der Waals surface area contributed by atoms with Crippen molar-refractivity contribution in [2.24, 2.45) is 0 Å². The summed E-state index contributed by atoms with van der Waals surface area (Å²) in [7, 11) is 0. The van der Waals surface area contributed by atoms with Crippen LogP contribution in [-0.4, -0.2) is 35.7 Å². The second kappa shape index (κ2) is 12.1. The number of pyridine rings is 1. The molecule has 5 nitrogen and oxygen atoms in total. The number of alkyl halides is 10. The van der Waals surface area contributed by atoms with E-state index in [2.05, 4.69) is 27.5 Å². The number of rotatable bonds is 7. The van der Waals surface area contributed by atoms with Crippen molar-refractivity contribution in [3.63, 3.8) is 0 Å². The van der Waals surface area contributed by atoms with Crippen LogP contribution in [-0.2, 0) is 11.8 Å². The van der Waals surface area contributed by atoms with Crippen LogP contribution in [0.1, 0.15) is 31.8 Å². The largest absolute Gasteiger partial charge is 0.435 e. The fraction of sp³-hybridized carbons (Fsp3) is 0.192. The van der Waals surface area contributed by atoms with E-state index in [0.717, 1.165) is 42.6 Å². The van der Waals surface area contributed by atoms with Crippen LogP contribution in [0.3, 0.4) is 0 Å².